The van der Waals surface area contributed by atoms with Gasteiger partial charge in [-0.3, -0.25) is 9.48 Å². The molecule has 0 amide bonds. The first-order valence-electron chi connectivity index (χ1n) is 6.46. The molecule has 1 aromatic carbocycles. The number of anilines is 1. The zero-order chi connectivity index (χ0) is 14.0. The minimum Gasteiger partial charge on any atom is -0.393 e. The smallest absolute Gasteiger partial charge is 0.294 e. The van der Waals surface area contributed by atoms with E-state index in [4.69, 9.17) is 17.3 Å². The Morgan fingerprint density at radius 1 is 1.26 bits per heavy atom. The molecule has 1 heterocycles. The zero-order valence-corrected chi connectivity index (χ0v) is 11.9. The van der Waals surface area contributed by atoms with Gasteiger partial charge in [-0.05, 0) is 25.5 Å². The Morgan fingerprint density at radius 2 is 1.95 bits per heavy atom. The highest BCUT2D eigenvalue weighted by Gasteiger charge is 2.18. The molecule has 0 bridgehead atoms. The van der Waals surface area contributed by atoms with E-state index in [2.05, 4.69) is 6.92 Å². The van der Waals surface area contributed by atoms with Crippen LogP contribution in [0.5, 0.6) is 0 Å². The van der Waals surface area contributed by atoms with Crippen LogP contribution in [0.2, 0.25) is 5.02 Å². The van der Waals surface area contributed by atoms with Crippen molar-refractivity contribution in [1.82, 2.24) is 9.36 Å². The molecular formula is C14H18ClN3O. The van der Waals surface area contributed by atoms with Gasteiger partial charge in [0, 0.05) is 6.54 Å². The lowest BCUT2D eigenvalue weighted by atomic mass is 10.2. The molecule has 5 heteroatoms. The molecule has 0 aliphatic heterocycles. The first-order valence-corrected chi connectivity index (χ1v) is 6.84. The van der Waals surface area contributed by atoms with E-state index >= 15 is 0 Å². The molecule has 0 atom stereocenters. The molecule has 2 rings (SSSR count). The molecule has 2 N–H and O–H groups in total. The number of nitrogens with zero attached hydrogens (tertiary/aromatic N) is 2. The molecule has 0 spiro atoms. The van der Waals surface area contributed by atoms with Gasteiger partial charge in [-0.2, -0.15) is 0 Å². The standard InChI is InChI=1S/C14H18ClN3O/c1-3-7-12-13(16)14(19)18(17(12)4-2)11-9-6-5-8-10(11)15/h5-6,8-9H,3-4,7,16H2,1-2H3. The van der Waals surface area contributed by atoms with Crippen LogP contribution in [0.15, 0.2) is 29.1 Å². The normalized spacial score (nSPS) is 10.9. The van der Waals surface area contributed by atoms with Gasteiger partial charge < -0.3 is 5.73 Å². The fraction of sp³-hybridized carbons (Fsp3) is 0.357. The van der Waals surface area contributed by atoms with Gasteiger partial charge in [0.05, 0.1) is 16.4 Å². The first kappa shape index (κ1) is 13.7. The predicted molar refractivity (Wildman–Crippen MR) is 79.1 cm³/mol. The van der Waals surface area contributed by atoms with Crippen molar-refractivity contribution in [1.29, 1.82) is 0 Å². The molecule has 0 saturated heterocycles. The SMILES string of the molecule is CCCc1c(N)c(=O)n(-c2ccccc2Cl)n1CC. The second-order valence-corrected chi connectivity index (χ2v) is 4.80. The van der Waals surface area contributed by atoms with Gasteiger partial charge in [-0.1, -0.05) is 37.1 Å². The summed E-state index contributed by atoms with van der Waals surface area (Å²) in [5, 5.41) is 0.542. The molecule has 1 aromatic heterocycles. The average Bonchev–Trinajstić information content (AvgIpc) is 2.64. The van der Waals surface area contributed by atoms with Crippen LogP contribution in [0.25, 0.3) is 5.69 Å². The molecule has 0 aliphatic rings. The Hall–Kier alpha value is -1.68. The highest BCUT2D eigenvalue weighted by molar-refractivity contribution is 6.32. The molecule has 0 saturated carbocycles. The largest absolute Gasteiger partial charge is 0.393 e. The maximum Gasteiger partial charge on any atom is 0.294 e. The van der Waals surface area contributed by atoms with Crippen LogP contribution in [0.3, 0.4) is 0 Å². The molecule has 102 valence electrons. The van der Waals surface area contributed by atoms with Crippen molar-refractivity contribution < 1.29 is 0 Å². The number of benzene rings is 1. The van der Waals surface area contributed by atoms with E-state index in [1.54, 1.807) is 10.7 Å². The topological polar surface area (TPSA) is 53.0 Å². The third kappa shape index (κ3) is 2.28. The van der Waals surface area contributed by atoms with Gasteiger partial charge in [0.25, 0.3) is 5.56 Å². The van der Waals surface area contributed by atoms with E-state index in [0.29, 0.717) is 22.9 Å². The first-order chi connectivity index (χ1) is 9.11. The van der Waals surface area contributed by atoms with Crippen LogP contribution in [0, 0.1) is 0 Å². The third-order valence-electron chi connectivity index (χ3n) is 3.15. The van der Waals surface area contributed by atoms with E-state index in [1.165, 1.54) is 0 Å². The number of rotatable bonds is 4. The van der Waals surface area contributed by atoms with Gasteiger partial charge in [-0.25, -0.2) is 4.68 Å². The highest BCUT2D eigenvalue weighted by atomic mass is 35.5. The fourth-order valence-corrected chi connectivity index (χ4v) is 2.52. The Balaban J connectivity index is 2.74. The number of nitrogens with two attached hydrogens (primary N) is 1. The Labute approximate surface area is 117 Å². The maximum absolute atomic E-state index is 12.4. The summed E-state index contributed by atoms with van der Waals surface area (Å²) in [6.45, 7) is 4.73. The summed E-state index contributed by atoms with van der Waals surface area (Å²) in [7, 11) is 0. The Bertz CT molecular complexity index is 643. The average molecular weight is 280 g/mol. The molecule has 0 aliphatic carbocycles. The fourth-order valence-electron chi connectivity index (χ4n) is 2.30. The number of hydrogen-bond acceptors (Lipinski definition) is 2. The minimum absolute atomic E-state index is 0.196. The van der Waals surface area contributed by atoms with Crippen LogP contribution in [-0.2, 0) is 13.0 Å². The summed E-state index contributed by atoms with van der Waals surface area (Å²) in [5.74, 6) is 0. The Kier molecular flexibility index (Phi) is 4.00. The highest BCUT2D eigenvalue weighted by Crippen LogP contribution is 2.21. The van der Waals surface area contributed by atoms with Crippen LogP contribution >= 0.6 is 11.6 Å². The van der Waals surface area contributed by atoms with Crippen LogP contribution < -0.4 is 11.3 Å². The number of nitrogen functional groups attached to an aromatic ring is 1. The van der Waals surface area contributed by atoms with E-state index in [-0.39, 0.29) is 5.56 Å². The van der Waals surface area contributed by atoms with Gasteiger partial charge in [-0.15, -0.1) is 0 Å². The lowest BCUT2D eigenvalue weighted by Crippen LogP contribution is -2.22. The summed E-state index contributed by atoms with van der Waals surface area (Å²) in [6.07, 6.45) is 1.72. The van der Waals surface area contributed by atoms with E-state index < -0.39 is 0 Å². The van der Waals surface area contributed by atoms with Gasteiger partial charge >= 0.3 is 0 Å². The molecule has 0 fully saturated rings. The van der Waals surface area contributed by atoms with E-state index in [9.17, 15) is 4.79 Å². The number of aromatic nitrogens is 2. The van der Waals surface area contributed by atoms with Crippen LogP contribution in [0.4, 0.5) is 5.69 Å². The van der Waals surface area contributed by atoms with Gasteiger partial charge in [0.15, 0.2) is 0 Å². The molecule has 4 nitrogen and oxygen atoms in total. The summed E-state index contributed by atoms with van der Waals surface area (Å²) in [4.78, 5) is 12.4. The Morgan fingerprint density at radius 3 is 2.53 bits per heavy atom. The quantitative estimate of drug-likeness (QED) is 0.936. The van der Waals surface area contributed by atoms with Crippen molar-refractivity contribution in [3.63, 3.8) is 0 Å². The van der Waals surface area contributed by atoms with Crippen molar-refractivity contribution in [3.05, 3.63) is 45.3 Å². The van der Waals surface area contributed by atoms with Gasteiger partial charge in [0.2, 0.25) is 0 Å². The molecule has 0 unspecified atom stereocenters. The lowest BCUT2D eigenvalue weighted by Gasteiger charge is -2.13. The maximum atomic E-state index is 12.4. The molecule has 2 aromatic rings. The molecule has 19 heavy (non-hydrogen) atoms. The number of halogens is 1. The number of hydrogen-bond donors (Lipinski definition) is 1. The summed E-state index contributed by atoms with van der Waals surface area (Å²) in [6, 6.07) is 7.29. The second-order valence-electron chi connectivity index (χ2n) is 4.39. The predicted octanol–water partition coefficient (Wildman–Crippen LogP) is 2.85. The summed E-state index contributed by atoms with van der Waals surface area (Å²) in [5.41, 5.74) is 7.64. The van der Waals surface area contributed by atoms with Crippen LogP contribution in [0.1, 0.15) is 26.0 Å². The van der Waals surface area contributed by atoms with Crippen molar-refractivity contribution in [2.24, 2.45) is 0 Å². The molecule has 0 radical (unpaired) electrons. The summed E-state index contributed by atoms with van der Waals surface area (Å²) < 4.78 is 3.48. The van der Waals surface area contributed by atoms with Crippen molar-refractivity contribution in [2.75, 3.05) is 5.73 Å². The van der Waals surface area contributed by atoms with E-state index in [1.807, 2.05) is 29.8 Å². The molecular weight excluding hydrogens is 262 g/mol. The lowest BCUT2D eigenvalue weighted by molar-refractivity contribution is 0.545. The van der Waals surface area contributed by atoms with Crippen LogP contribution in [-0.4, -0.2) is 9.36 Å². The second kappa shape index (κ2) is 5.53. The van der Waals surface area contributed by atoms with Gasteiger partial charge in [0.1, 0.15) is 5.69 Å². The number of para-hydroxylation sites is 1. The zero-order valence-electron chi connectivity index (χ0n) is 11.2. The van der Waals surface area contributed by atoms with Crippen molar-refractivity contribution >= 4 is 17.3 Å². The minimum atomic E-state index is -0.196. The van der Waals surface area contributed by atoms with Crippen molar-refractivity contribution in [3.8, 4) is 5.69 Å². The van der Waals surface area contributed by atoms with E-state index in [0.717, 1.165) is 18.5 Å². The summed E-state index contributed by atoms with van der Waals surface area (Å²) >= 11 is 6.18. The third-order valence-corrected chi connectivity index (χ3v) is 3.47. The monoisotopic (exact) mass is 279 g/mol. The van der Waals surface area contributed by atoms with Crippen molar-refractivity contribution in [2.45, 2.75) is 33.2 Å².